The van der Waals surface area contributed by atoms with Crippen LogP contribution in [0, 0.1) is 12.7 Å². The minimum atomic E-state index is -0.614. The van der Waals surface area contributed by atoms with E-state index in [0.29, 0.717) is 44.1 Å². The van der Waals surface area contributed by atoms with Gasteiger partial charge < -0.3 is 15.8 Å². The van der Waals surface area contributed by atoms with E-state index in [0.717, 1.165) is 20.7 Å². The van der Waals surface area contributed by atoms with E-state index in [-0.39, 0.29) is 23.5 Å². The van der Waals surface area contributed by atoms with Gasteiger partial charge in [0.1, 0.15) is 5.82 Å². The second-order valence-corrected chi connectivity index (χ2v) is 11.6. The molecule has 0 aliphatic heterocycles. The maximum atomic E-state index is 15.6. The number of hydrogen-bond acceptors (Lipinski definition) is 8. The maximum Gasteiger partial charge on any atom is 0.322 e. The summed E-state index contributed by atoms with van der Waals surface area (Å²) in [6.07, 6.45) is 6.88. The minimum Gasteiger partial charge on any atom is -0.421 e. The fourth-order valence-corrected chi connectivity index (χ4v) is 6.42. The monoisotopic (exact) mass is 625 g/mol. The highest BCUT2D eigenvalue weighted by Crippen LogP contribution is 2.51. The molecule has 0 atom stereocenters. The van der Waals surface area contributed by atoms with Crippen molar-refractivity contribution in [2.75, 3.05) is 11.1 Å². The zero-order valence-corrected chi connectivity index (χ0v) is 25.4. The Labute approximate surface area is 260 Å². The summed E-state index contributed by atoms with van der Waals surface area (Å²) in [5.41, 5.74) is 11.6. The number of nitrogen functional groups attached to an aromatic ring is 1. The highest BCUT2D eigenvalue weighted by Gasteiger charge is 2.24. The van der Waals surface area contributed by atoms with Gasteiger partial charge in [0.2, 0.25) is 0 Å². The third-order valence-electron chi connectivity index (χ3n) is 6.81. The third kappa shape index (κ3) is 5.50. The van der Waals surface area contributed by atoms with Crippen molar-refractivity contribution in [1.82, 2.24) is 24.7 Å². The first-order valence-corrected chi connectivity index (χ1v) is 14.5. The van der Waals surface area contributed by atoms with Gasteiger partial charge in [0.25, 0.3) is 5.91 Å². The van der Waals surface area contributed by atoms with Crippen LogP contribution in [0.5, 0.6) is 11.8 Å². The largest absolute Gasteiger partial charge is 0.421 e. The first kappa shape index (κ1) is 29.0. The molecule has 2 aromatic carbocycles. The van der Waals surface area contributed by atoms with Crippen LogP contribution in [0.3, 0.4) is 0 Å². The van der Waals surface area contributed by atoms with E-state index in [1.54, 1.807) is 67.5 Å². The summed E-state index contributed by atoms with van der Waals surface area (Å²) in [6.45, 7) is 7.09. The molecule has 0 spiro atoms. The molecular weight excluding hydrogens is 601 g/mol. The number of carbonyl (C=O) groups excluding carboxylic acids is 1. The molecule has 0 unspecified atom stereocenters. The lowest BCUT2D eigenvalue weighted by atomic mass is 9.97. The van der Waals surface area contributed by atoms with Crippen LogP contribution < -0.4 is 15.8 Å². The molecule has 0 saturated heterocycles. The van der Waals surface area contributed by atoms with Gasteiger partial charge in [-0.3, -0.25) is 9.48 Å². The second kappa shape index (κ2) is 11.5. The van der Waals surface area contributed by atoms with Crippen LogP contribution in [-0.4, -0.2) is 30.6 Å². The van der Waals surface area contributed by atoms with Gasteiger partial charge >= 0.3 is 6.01 Å². The average Bonchev–Trinajstić information content (AvgIpc) is 3.59. The molecule has 44 heavy (non-hydrogen) atoms. The molecule has 4 heterocycles. The lowest BCUT2D eigenvalue weighted by Crippen LogP contribution is -2.11. The SMILES string of the molecule is C=C(C)C(=O)Nc1ccc(-c2sc3c(-c4cnn(C)c4)cnc(N)c3c2-c2ccc(Oc3nccc(C)n3)c(F)c2)c(Cl)c1. The smallest absolute Gasteiger partial charge is 0.322 e. The number of aryl methyl sites for hydroxylation is 2. The maximum absolute atomic E-state index is 15.6. The van der Waals surface area contributed by atoms with Crippen LogP contribution in [0.4, 0.5) is 15.9 Å². The normalized spacial score (nSPS) is 11.1. The highest BCUT2D eigenvalue weighted by atomic mass is 35.5. The topological polar surface area (TPSA) is 121 Å². The Kier molecular flexibility index (Phi) is 7.58. The van der Waals surface area contributed by atoms with Gasteiger partial charge in [-0.25, -0.2) is 19.3 Å². The number of thiophene rings is 1. The van der Waals surface area contributed by atoms with Crippen molar-refractivity contribution >= 4 is 50.4 Å². The molecule has 4 aromatic heterocycles. The molecule has 0 fully saturated rings. The molecule has 0 aliphatic carbocycles. The standard InChI is InChI=1S/C32H25ClFN7O2S/c1-16(2)31(42)40-20-6-7-21(23(33)12-20)28-26(18-5-8-25(24(34)11-18)43-32-36-10-9-17(3)39-32)27-29(44-28)22(14-37-30(27)35)19-13-38-41(4)15-19/h5-15H,1H2,2-4H3,(H2,35,37)(H,40,42). The second-order valence-electron chi connectivity index (χ2n) is 10.1. The summed E-state index contributed by atoms with van der Waals surface area (Å²) in [7, 11) is 1.83. The summed E-state index contributed by atoms with van der Waals surface area (Å²) in [5.74, 6) is -0.680. The van der Waals surface area contributed by atoms with E-state index in [2.05, 4.69) is 31.9 Å². The van der Waals surface area contributed by atoms with Gasteiger partial charge in [0.15, 0.2) is 11.6 Å². The first-order valence-electron chi connectivity index (χ1n) is 13.3. The number of aromatic nitrogens is 5. The van der Waals surface area contributed by atoms with E-state index in [4.69, 9.17) is 22.1 Å². The number of amides is 1. The Morgan fingerprint density at radius 1 is 1.11 bits per heavy atom. The van der Waals surface area contributed by atoms with E-state index in [1.165, 1.54) is 23.5 Å². The van der Waals surface area contributed by atoms with Gasteiger partial charge in [0.05, 0.1) is 11.2 Å². The van der Waals surface area contributed by atoms with E-state index >= 15 is 4.39 Å². The molecule has 6 rings (SSSR count). The molecule has 0 radical (unpaired) electrons. The summed E-state index contributed by atoms with van der Waals surface area (Å²) in [5, 5.41) is 8.12. The number of halogens is 2. The zero-order valence-electron chi connectivity index (χ0n) is 23.9. The fraction of sp³-hybridized carbons (Fsp3) is 0.0938. The minimum absolute atomic E-state index is 0.0294. The third-order valence-corrected chi connectivity index (χ3v) is 8.38. The van der Waals surface area contributed by atoms with Crippen molar-refractivity contribution in [2.24, 2.45) is 7.05 Å². The number of rotatable bonds is 7. The Bertz CT molecular complexity index is 2110. The molecule has 6 aromatic rings. The summed E-state index contributed by atoms with van der Waals surface area (Å²) >= 11 is 8.29. The van der Waals surface area contributed by atoms with Crippen molar-refractivity contribution < 1.29 is 13.9 Å². The lowest BCUT2D eigenvalue weighted by molar-refractivity contribution is -0.112. The number of pyridine rings is 1. The van der Waals surface area contributed by atoms with Crippen molar-refractivity contribution in [2.45, 2.75) is 13.8 Å². The number of nitrogens with zero attached hydrogens (tertiary/aromatic N) is 5. The van der Waals surface area contributed by atoms with Crippen LogP contribution >= 0.6 is 22.9 Å². The summed E-state index contributed by atoms with van der Waals surface area (Å²) in [4.78, 5) is 25.7. The first-order chi connectivity index (χ1) is 21.1. The molecule has 220 valence electrons. The van der Waals surface area contributed by atoms with Gasteiger partial charge in [-0.1, -0.05) is 24.2 Å². The van der Waals surface area contributed by atoms with Crippen LogP contribution in [0.2, 0.25) is 5.02 Å². The zero-order chi connectivity index (χ0) is 31.1. The lowest BCUT2D eigenvalue weighted by Gasteiger charge is -2.12. The van der Waals surface area contributed by atoms with Crippen molar-refractivity contribution in [1.29, 1.82) is 0 Å². The van der Waals surface area contributed by atoms with Crippen molar-refractivity contribution in [3.8, 4) is 44.5 Å². The predicted octanol–water partition coefficient (Wildman–Crippen LogP) is 7.81. The predicted molar refractivity (Wildman–Crippen MR) is 172 cm³/mol. The Balaban J connectivity index is 1.54. The fourth-order valence-electron chi connectivity index (χ4n) is 4.68. The number of nitrogens with two attached hydrogens (primary N) is 1. The number of anilines is 2. The number of carbonyl (C=O) groups is 1. The van der Waals surface area contributed by atoms with Crippen molar-refractivity contribution in [3.63, 3.8) is 0 Å². The molecule has 12 heteroatoms. The Morgan fingerprint density at radius 2 is 1.93 bits per heavy atom. The van der Waals surface area contributed by atoms with Gasteiger partial charge in [-0.05, 0) is 55.8 Å². The van der Waals surface area contributed by atoms with Gasteiger partial charge in [-0.2, -0.15) is 5.10 Å². The molecule has 0 bridgehead atoms. The molecule has 9 nitrogen and oxygen atoms in total. The van der Waals surface area contributed by atoms with Gasteiger partial charge in [-0.15, -0.1) is 11.3 Å². The molecule has 0 aliphatic rings. The van der Waals surface area contributed by atoms with Crippen molar-refractivity contribution in [3.05, 3.63) is 95.9 Å². The number of nitrogens with one attached hydrogen (secondary N) is 1. The molecular formula is C32H25ClFN7O2S. The number of fused-ring (bicyclic) bond motifs is 1. The highest BCUT2D eigenvalue weighted by molar-refractivity contribution is 7.23. The Morgan fingerprint density at radius 3 is 2.61 bits per heavy atom. The van der Waals surface area contributed by atoms with Crippen LogP contribution in [0.25, 0.3) is 42.8 Å². The Hall–Kier alpha value is -5.13. The van der Waals surface area contributed by atoms with E-state index in [9.17, 15) is 4.79 Å². The summed E-state index contributed by atoms with van der Waals surface area (Å²) < 4.78 is 23.8. The molecule has 1 amide bonds. The number of benzene rings is 2. The van der Waals surface area contributed by atoms with Gasteiger partial charge in [0, 0.05) is 79.8 Å². The molecule has 3 N–H and O–H groups in total. The van der Waals surface area contributed by atoms with Crippen LogP contribution in [0.15, 0.2) is 79.4 Å². The quantitative estimate of drug-likeness (QED) is 0.174. The summed E-state index contributed by atoms with van der Waals surface area (Å²) in [6, 6.07) is 11.6. The van der Waals surface area contributed by atoms with E-state index < -0.39 is 5.82 Å². The average molecular weight is 626 g/mol. The van der Waals surface area contributed by atoms with Crippen LogP contribution in [0.1, 0.15) is 12.6 Å². The number of hydrogen-bond donors (Lipinski definition) is 2. The van der Waals surface area contributed by atoms with Crippen LogP contribution in [-0.2, 0) is 11.8 Å². The van der Waals surface area contributed by atoms with E-state index in [1.807, 2.05) is 13.2 Å². The number of ether oxygens (including phenoxy) is 1. The molecule has 0 saturated carbocycles.